The maximum Gasteiger partial charge on any atom is 0.170 e. The van der Waals surface area contributed by atoms with Crippen LogP contribution >= 0.6 is 0 Å². The molecule has 1 heterocycles. The molecule has 0 radical (unpaired) electrons. The van der Waals surface area contributed by atoms with Gasteiger partial charge in [-0.15, -0.1) is 0 Å². The molecule has 0 spiro atoms. The van der Waals surface area contributed by atoms with E-state index in [0.717, 1.165) is 29.7 Å². The number of aromatic nitrogens is 1. The van der Waals surface area contributed by atoms with Crippen LogP contribution in [0.25, 0.3) is 10.9 Å². The van der Waals surface area contributed by atoms with Crippen molar-refractivity contribution in [2.75, 3.05) is 18.5 Å². The van der Waals surface area contributed by atoms with Crippen LogP contribution in [0.15, 0.2) is 35.5 Å². The van der Waals surface area contributed by atoms with E-state index >= 15 is 0 Å². The van der Waals surface area contributed by atoms with E-state index < -0.39 is 0 Å². The minimum absolute atomic E-state index is 0.104. The largest absolute Gasteiger partial charge is 0.409 e. The monoisotopic (exact) mass is 286 g/mol. The molecule has 0 aliphatic carbocycles. The van der Waals surface area contributed by atoms with Gasteiger partial charge in [0.25, 0.3) is 0 Å². The highest BCUT2D eigenvalue weighted by Gasteiger charge is 2.13. The molecule has 1 aromatic carbocycles. The summed E-state index contributed by atoms with van der Waals surface area (Å²) >= 11 is 0. The van der Waals surface area contributed by atoms with Crippen molar-refractivity contribution in [3.63, 3.8) is 0 Å². The van der Waals surface area contributed by atoms with E-state index in [1.165, 1.54) is 0 Å². The highest BCUT2D eigenvalue weighted by Crippen LogP contribution is 2.23. The van der Waals surface area contributed by atoms with Gasteiger partial charge in [0.15, 0.2) is 5.84 Å². The van der Waals surface area contributed by atoms with Gasteiger partial charge in [-0.05, 0) is 18.1 Å². The average Bonchev–Trinajstić information content (AvgIpc) is 2.52. The molecule has 0 saturated heterocycles. The molecule has 112 valence electrons. The first-order valence-corrected chi connectivity index (χ1v) is 7.15. The number of fused-ring (bicyclic) bond motifs is 1. The Morgan fingerprint density at radius 2 is 2.14 bits per heavy atom. The van der Waals surface area contributed by atoms with Crippen molar-refractivity contribution in [1.82, 2.24) is 4.98 Å². The second-order valence-corrected chi connectivity index (χ2v) is 5.42. The number of anilines is 1. The lowest BCUT2D eigenvalue weighted by atomic mass is 10.1. The van der Waals surface area contributed by atoms with Crippen LogP contribution in [-0.4, -0.2) is 29.6 Å². The summed E-state index contributed by atoms with van der Waals surface area (Å²) in [7, 11) is 2.01. The predicted octanol–water partition coefficient (Wildman–Crippen LogP) is 2.81. The van der Waals surface area contributed by atoms with Gasteiger partial charge in [-0.2, -0.15) is 0 Å². The van der Waals surface area contributed by atoms with Gasteiger partial charge in [-0.1, -0.05) is 43.6 Å². The van der Waals surface area contributed by atoms with Gasteiger partial charge in [0.05, 0.1) is 5.52 Å². The number of para-hydroxylation sites is 1. The molecule has 1 unspecified atom stereocenters. The smallest absolute Gasteiger partial charge is 0.170 e. The summed E-state index contributed by atoms with van der Waals surface area (Å²) < 4.78 is 0. The van der Waals surface area contributed by atoms with E-state index in [9.17, 15) is 0 Å². The standard InChI is InChI=1S/C16H22N4O/c1-4-11(2)10-20(3)15-9-13(16(17)19-21)12-7-5-6-8-14(12)18-15/h5-9,11,21H,4,10H2,1-3H3,(H2,17,19). The van der Waals surface area contributed by atoms with E-state index in [0.29, 0.717) is 11.5 Å². The van der Waals surface area contributed by atoms with Crippen molar-refractivity contribution >= 4 is 22.6 Å². The highest BCUT2D eigenvalue weighted by molar-refractivity contribution is 6.08. The highest BCUT2D eigenvalue weighted by atomic mass is 16.4. The van der Waals surface area contributed by atoms with Gasteiger partial charge in [0.2, 0.25) is 0 Å². The molecule has 1 atom stereocenters. The van der Waals surface area contributed by atoms with Crippen LogP contribution in [0.4, 0.5) is 5.82 Å². The van der Waals surface area contributed by atoms with Crippen molar-refractivity contribution in [1.29, 1.82) is 0 Å². The Hall–Kier alpha value is -2.30. The second-order valence-electron chi connectivity index (χ2n) is 5.42. The molecular formula is C16H22N4O. The number of rotatable bonds is 5. The summed E-state index contributed by atoms with van der Waals surface area (Å²) in [4.78, 5) is 6.78. The Kier molecular flexibility index (Phi) is 4.62. The number of oxime groups is 1. The van der Waals surface area contributed by atoms with Crippen molar-refractivity contribution < 1.29 is 5.21 Å². The lowest BCUT2D eigenvalue weighted by Crippen LogP contribution is -2.25. The first-order chi connectivity index (χ1) is 10.1. The van der Waals surface area contributed by atoms with E-state index in [1.807, 2.05) is 37.4 Å². The minimum Gasteiger partial charge on any atom is -0.409 e. The molecule has 0 saturated carbocycles. The van der Waals surface area contributed by atoms with Crippen molar-refractivity contribution in [3.8, 4) is 0 Å². The molecule has 0 aliphatic heterocycles. The number of amidine groups is 1. The number of benzene rings is 1. The number of hydrogen-bond donors (Lipinski definition) is 2. The Bertz CT molecular complexity index is 654. The summed E-state index contributed by atoms with van der Waals surface area (Å²) in [6.07, 6.45) is 1.12. The Morgan fingerprint density at radius 1 is 1.43 bits per heavy atom. The van der Waals surface area contributed by atoms with Crippen molar-refractivity contribution in [2.24, 2.45) is 16.8 Å². The van der Waals surface area contributed by atoms with Gasteiger partial charge in [0.1, 0.15) is 5.82 Å². The fourth-order valence-electron chi connectivity index (χ4n) is 2.31. The molecular weight excluding hydrogens is 264 g/mol. The molecule has 0 aliphatic rings. The van der Waals surface area contributed by atoms with Crippen LogP contribution in [-0.2, 0) is 0 Å². The van der Waals surface area contributed by atoms with Crippen LogP contribution in [0.3, 0.4) is 0 Å². The van der Waals surface area contributed by atoms with Gasteiger partial charge in [-0.25, -0.2) is 4.98 Å². The number of nitrogens with two attached hydrogens (primary N) is 1. The molecule has 5 nitrogen and oxygen atoms in total. The number of nitrogens with zero attached hydrogens (tertiary/aromatic N) is 3. The zero-order valence-corrected chi connectivity index (χ0v) is 12.7. The fraction of sp³-hybridized carbons (Fsp3) is 0.375. The van der Waals surface area contributed by atoms with E-state index in [2.05, 4.69) is 28.9 Å². The maximum absolute atomic E-state index is 8.99. The Labute approximate surface area is 125 Å². The SMILES string of the molecule is CCC(C)CN(C)c1cc(C(N)=NO)c2ccccc2n1. The second kappa shape index (κ2) is 6.43. The normalized spacial score (nSPS) is 13.4. The Balaban J connectivity index is 2.51. The first-order valence-electron chi connectivity index (χ1n) is 7.15. The third-order valence-corrected chi connectivity index (χ3v) is 3.76. The summed E-state index contributed by atoms with van der Waals surface area (Å²) in [5.41, 5.74) is 7.35. The lowest BCUT2D eigenvalue weighted by molar-refractivity contribution is 0.318. The molecule has 0 fully saturated rings. The predicted molar refractivity (Wildman–Crippen MR) is 87.0 cm³/mol. The third-order valence-electron chi connectivity index (χ3n) is 3.76. The molecule has 0 amide bonds. The molecule has 2 aromatic rings. The van der Waals surface area contributed by atoms with Crippen molar-refractivity contribution in [3.05, 3.63) is 35.9 Å². The molecule has 3 N–H and O–H groups in total. The van der Waals surface area contributed by atoms with Crippen LogP contribution in [0.5, 0.6) is 0 Å². The zero-order valence-electron chi connectivity index (χ0n) is 12.7. The van der Waals surface area contributed by atoms with Crippen LogP contribution in [0.2, 0.25) is 0 Å². The summed E-state index contributed by atoms with van der Waals surface area (Å²) in [5, 5.41) is 13.0. The summed E-state index contributed by atoms with van der Waals surface area (Å²) in [5.74, 6) is 1.51. The van der Waals surface area contributed by atoms with Crippen LogP contribution < -0.4 is 10.6 Å². The molecule has 5 heteroatoms. The lowest BCUT2D eigenvalue weighted by Gasteiger charge is -2.23. The summed E-state index contributed by atoms with van der Waals surface area (Å²) in [6.45, 7) is 5.30. The van der Waals surface area contributed by atoms with E-state index in [4.69, 9.17) is 10.9 Å². The number of pyridine rings is 1. The molecule has 2 rings (SSSR count). The fourth-order valence-corrected chi connectivity index (χ4v) is 2.31. The molecule has 21 heavy (non-hydrogen) atoms. The molecule has 1 aromatic heterocycles. The average molecular weight is 286 g/mol. The quantitative estimate of drug-likeness (QED) is 0.383. The van der Waals surface area contributed by atoms with Crippen LogP contribution in [0, 0.1) is 5.92 Å². The van der Waals surface area contributed by atoms with Crippen molar-refractivity contribution in [2.45, 2.75) is 20.3 Å². The van der Waals surface area contributed by atoms with Gasteiger partial charge in [-0.3, -0.25) is 0 Å². The number of hydrogen-bond acceptors (Lipinski definition) is 4. The van der Waals surface area contributed by atoms with Gasteiger partial charge < -0.3 is 15.8 Å². The first kappa shape index (κ1) is 15.1. The van der Waals surface area contributed by atoms with Crippen LogP contribution in [0.1, 0.15) is 25.8 Å². The summed E-state index contributed by atoms with van der Waals surface area (Å²) in [6, 6.07) is 9.59. The van der Waals surface area contributed by atoms with Gasteiger partial charge >= 0.3 is 0 Å². The zero-order chi connectivity index (χ0) is 15.4. The van der Waals surface area contributed by atoms with E-state index in [-0.39, 0.29) is 5.84 Å². The van der Waals surface area contributed by atoms with E-state index in [1.54, 1.807) is 0 Å². The van der Waals surface area contributed by atoms with Gasteiger partial charge in [0, 0.05) is 24.5 Å². The molecule has 0 bridgehead atoms. The Morgan fingerprint density at radius 3 is 2.81 bits per heavy atom. The minimum atomic E-state index is 0.104. The maximum atomic E-state index is 8.99. The topological polar surface area (TPSA) is 74.7 Å². The third kappa shape index (κ3) is 3.24.